The first-order valence-electron chi connectivity index (χ1n) is 5.27. The Kier molecular flexibility index (Phi) is 3.85. The Morgan fingerprint density at radius 1 is 1.24 bits per heavy atom. The van der Waals surface area contributed by atoms with Gasteiger partial charge in [-0.2, -0.15) is 0 Å². The molecule has 2 heteroatoms. The molecule has 84 valence electrons. The molecule has 0 aliphatic carbocycles. The molecule has 0 aromatic heterocycles. The van der Waals surface area contributed by atoms with Gasteiger partial charge in [0.2, 0.25) is 0 Å². The maximum absolute atomic E-state index is 9.67. The molecule has 0 bridgehead atoms. The fourth-order valence-corrected chi connectivity index (χ4v) is 1.91. The minimum Gasteiger partial charge on any atom is -0.508 e. The van der Waals surface area contributed by atoms with Crippen molar-refractivity contribution >= 4 is 22.0 Å². The molecule has 0 atom stereocenters. The Balaban J connectivity index is 2.07. The highest BCUT2D eigenvalue weighted by atomic mass is 79.9. The predicted molar refractivity (Wildman–Crippen MR) is 72.7 cm³/mol. The third-order valence-corrected chi connectivity index (χ3v) is 2.86. The molecule has 0 aliphatic heterocycles. The SMILES string of the molecule is Oc1ccc(Br)cc1C/C=C/c1cc#ccc1. The van der Waals surface area contributed by atoms with Crippen LogP contribution in [0.5, 0.6) is 5.75 Å². The highest BCUT2D eigenvalue weighted by Crippen LogP contribution is 2.22. The van der Waals surface area contributed by atoms with Gasteiger partial charge in [0.25, 0.3) is 0 Å². The van der Waals surface area contributed by atoms with Crippen LogP contribution in [0.2, 0.25) is 0 Å². The summed E-state index contributed by atoms with van der Waals surface area (Å²) >= 11 is 3.39. The van der Waals surface area contributed by atoms with Crippen LogP contribution in [0.1, 0.15) is 11.1 Å². The zero-order valence-electron chi connectivity index (χ0n) is 9.15. The summed E-state index contributed by atoms with van der Waals surface area (Å²) in [6.45, 7) is 0. The maximum Gasteiger partial charge on any atom is 0.119 e. The number of hydrogen-bond acceptors (Lipinski definition) is 1. The molecule has 2 aromatic rings. The lowest BCUT2D eigenvalue weighted by Gasteiger charge is -2.01. The van der Waals surface area contributed by atoms with E-state index in [1.165, 1.54) is 0 Å². The summed E-state index contributed by atoms with van der Waals surface area (Å²) in [6, 6.07) is 16.9. The van der Waals surface area contributed by atoms with Gasteiger partial charge in [0.1, 0.15) is 5.75 Å². The fourth-order valence-electron chi connectivity index (χ4n) is 1.50. The van der Waals surface area contributed by atoms with Crippen LogP contribution in [-0.4, -0.2) is 5.11 Å². The van der Waals surface area contributed by atoms with Crippen LogP contribution in [0.3, 0.4) is 0 Å². The van der Waals surface area contributed by atoms with Gasteiger partial charge in [0, 0.05) is 4.47 Å². The maximum atomic E-state index is 9.67. The topological polar surface area (TPSA) is 20.2 Å². The quantitative estimate of drug-likeness (QED) is 0.904. The standard InChI is InChI=1S/C15H11BrO/c16-14-9-10-15(17)13(11-14)8-4-7-12-5-2-1-3-6-12/h2,4-7,9-11,17H,8H2/b7-4+. The molecule has 0 saturated heterocycles. The summed E-state index contributed by atoms with van der Waals surface area (Å²) < 4.78 is 0.973. The average Bonchev–Trinajstić information content (AvgIpc) is 2.35. The van der Waals surface area contributed by atoms with Crippen LogP contribution in [0, 0.1) is 12.1 Å². The van der Waals surface area contributed by atoms with Gasteiger partial charge < -0.3 is 5.11 Å². The third kappa shape index (κ3) is 3.37. The highest BCUT2D eigenvalue weighted by molar-refractivity contribution is 9.10. The van der Waals surface area contributed by atoms with Gasteiger partial charge in [0.15, 0.2) is 0 Å². The van der Waals surface area contributed by atoms with Gasteiger partial charge in [-0.15, -0.1) is 0 Å². The Bertz CT molecular complexity index is 518. The smallest absolute Gasteiger partial charge is 0.119 e. The second-order valence-electron chi connectivity index (χ2n) is 3.65. The molecule has 0 aliphatic rings. The van der Waals surface area contributed by atoms with Crippen molar-refractivity contribution in [1.29, 1.82) is 0 Å². The summed E-state index contributed by atoms with van der Waals surface area (Å²) in [5.41, 5.74) is 1.99. The van der Waals surface area contributed by atoms with E-state index in [0.29, 0.717) is 12.2 Å². The van der Waals surface area contributed by atoms with E-state index in [1.54, 1.807) is 6.07 Å². The Hall–Kier alpha value is -1.72. The minimum absolute atomic E-state index is 0.325. The van der Waals surface area contributed by atoms with Gasteiger partial charge in [-0.25, -0.2) is 0 Å². The van der Waals surface area contributed by atoms with Crippen LogP contribution >= 0.6 is 15.9 Å². The van der Waals surface area contributed by atoms with E-state index in [-0.39, 0.29) is 0 Å². The van der Waals surface area contributed by atoms with E-state index in [1.807, 2.05) is 42.5 Å². The Morgan fingerprint density at radius 2 is 2.12 bits per heavy atom. The molecular formula is C15H11BrO. The van der Waals surface area contributed by atoms with E-state index in [2.05, 4.69) is 28.1 Å². The second-order valence-corrected chi connectivity index (χ2v) is 4.56. The van der Waals surface area contributed by atoms with Crippen LogP contribution in [0.15, 0.2) is 46.9 Å². The molecule has 17 heavy (non-hydrogen) atoms. The van der Waals surface area contributed by atoms with Crippen molar-refractivity contribution in [2.75, 3.05) is 0 Å². The number of halogens is 1. The monoisotopic (exact) mass is 286 g/mol. The first kappa shape index (κ1) is 11.8. The van der Waals surface area contributed by atoms with Gasteiger partial charge >= 0.3 is 0 Å². The highest BCUT2D eigenvalue weighted by Gasteiger charge is 1.99. The molecule has 2 rings (SSSR count). The normalized spacial score (nSPS) is 10.4. The molecule has 0 saturated carbocycles. The van der Waals surface area contributed by atoms with Crippen LogP contribution in [-0.2, 0) is 6.42 Å². The molecule has 0 spiro atoms. The molecule has 0 heterocycles. The molecule has 0 unspecified atom stereocenters. The average molecular weight is 287 g/mol. The van der Waals surface area contributed by atoms with Crippen molar-refractivity contribution in [2.45, 2.75) is 6.42 Å². The zero-order chi connectivity index (χ0) is 12.1. The van der Waals surface area contributed by atoms with Crippen LogP contribution in [0.4, 0.5) is 0 Å². The van der Waals surface area contributed by atoms with Crippen LogP contribution < -0.4 is 0 Å². The minimum atomic E-state index is 0.325. The van der Waals surface area contributed by atoms with Crippen LogP contribution in [0.25, 0.3) is 6.08 Å². The number of allylic oxidation sites excluding steroid dienone is 1. The molecule has 0 amide bonds. The summed E-state index contributed by atoms with van der Waals surface area (Å²) in [4.78, 5) is 0. The lowest BCUT2D eigenvalue weighted by molar-refractivity contribution is 0.469. The summed E-state index contributed by atoms with van der Waals surface area (Å²) in [5, 5.41) is 9.67. The molecule has 0 radical (unpaired) electrons. The zero-order valence-corrected chi connectivity index (χ0v) is 10.7. The van der Waals surface area contributed by atoms with E-state index in [0.717, 1.165) is 15.6 Å². The lowest BCUT2D eigenvalue weighted by Crippen LogP contribution is -1.82. The van der Waals surface area contributed by atoms with E-state index in [9.17, 15) is 5.11 Å². The van der Waals surface area contributed by atoms with Gasteiger partial charge in [-0.1, -0.05) is 40.2 Å². The molecule has 1 N–H and O–H groups in total. The number of phenols is 1. The van der Waals surface area contributed by atoms with Crippen molar-refractivity contribution in [1.82, 2.24) is 0 Å². The molecule has 0 fully saturated rings. The number of benzene rings is 1. The summed E-state index contributed by atoms with van der Waals surface area (Å²) in [6.07, 6.45) is 4.72. The second kappa shape index (κ2) is 5.56. The molecular weight excluding hydrogens is 276 g/mol. The summed E-state index contributed by atoms with van der Waals surface area (Å²) in [5.74, 6) is 0.325. The largest absolute Gasteiger partial charge is 0.508 e. The van der Waals surface area contributed by atoms with E-state index in [4.69, 9.17) is 0 Å². The number of hydrogen-bond donors (Lipinski definition) is 1. The first-order valence-corrected chi connectivity index (χ1v) is 6.07. The van der Waals surface area contributed by atoms with E-state index < -0.39 is 0 Å². The number of phenolic OH excluding ortho intramolecular Hbond substituents is 1. The lowest BCUT2D eigenvalue weighted by atomic mass is 10.1. The van der Waals surface area contributed by atoms with Crippen molar-refractivity contribution in [3.05, 3.63) is 70.2 Å². The van der Waals surface area contributed by atoms with E-state index >= 15 is 0 Å². The first-order chi connectivity index (χ1) is 8.25. The molecule has 1 nitrogen and oxygen atoms in total. The Morgan fingerprint density at radius 3 is 2.88 bits per heavy atom. The van der Waals surface area contributed by atoms with Gasteiger partial charge in [-0.3, -0.25) is 0 Å². The number of aromatic hydroxyl groups is 1. The predicted octanol–water partition coefficient (Wildman–Crippen LogP) is 4.01. The summed E-state index contributed by atoms with van der Waals surface area (Å²) in [7, 11) is 0. The fraction of sp³-hybridized carbons (Fsp3) is 0.0667. The van der Waals surface area contributed by atoms with Crippen molar-refractivity contribution < 1.29 is 5.11 Å². The number of rotatable bonds is 3. The van der Waals surface area contributed by atoms with Gasteiger partial charge in [0.05, 0.1) is 0 Å². The van der Waals surface area contributed by atoms with Crippen molar-refractivity contribution in [3.8, 4) is 5.75 Å². The third-order valence-electron chi connectivity index (χ3n) is 2.37. The van der Waals surface area contributed by atoms with Crippen molar-refractivity contribution in [3.63, 3.8) is 0 Å². The Labute approximate surface area is 110 Å². The molecule has 2 aromatic carbocycles. The van der Waals surface area contributed by atoms with Gasteiger partial charge in [-0.05, 0) is 53.9 Å². The van der Waals surface area contributed by atoms with Crippen molar-refractivity contribution in [2.24, 2.45) is 0 Å².